The first kappa shape index (κ1) is 18.8. The van der Waals surface area contributed by atoms with Gasteiger partial charge in [-0.3, -0.25) is 9.48 Å². The van der Waals surface area contributed by atoms with Crippen LogP contribution in [0.1, 0.15) is 35.6 Å². The van der Waals surface area contributed by atoms with Gasteiger partial charge in [0, 0.05) is 24.3 Å². The number of amides is 1. The average molecular weight is 345 g/mol. The number of nitrogens with one attached hydrogen (secondary N) is 1. The molecule has 0 saturated carbocycles. The molecule has 0 bridgehead atoms. The lowest BCUT2D eigenvalue weighted by molar-refractivity contribution is 0.0946. The molecule has 0 saturated heterocycles. The first-order chi connectivity index (χ1) is 11.9. The molecule has 0 radical (unpaired) electrons. The SMILES string of the molecule is CCOc1cc(C(=O)NC[C@H](C)Cn2nc(C)cc2C)ccc1OC. The largest absolute Gasteiger partial charge is 0.493 e. The average Bonchev–Trinajstić information content (AvgIpc) is 2.90. The van der Waals surface area contributed by atoms with Gasteiger partial charge in [-0.05, 0) is 51.0 Å². The van der Waals surface area contributed by atoms with E-state index < -0.39 is 0 Å². The Balaban J connectivity index is 1.95. The van der Waals surface area contributed by atoms with Crippen LogP contribution in [0.5, 0.6) is 11.5 Å². The molecular weight excluding hydrogens is 318 g/mol. The number of aryl methyl sites for hydroxylation is 2. The second-order valence-corrected chi connectivity index (χ2v) is 6.22. The summed E-state index contributed by atoms with van der Waals surface area (Å²) in [4.78, 5) is 12.4. The Morgan fingerprint density at radius 2 is 2.04 bits per heavy atom. The lowest BCUT2D eigenvalue weighted by atomic mass is 10.1. The summed E-state index contributed by atoms with van der Waals surface area (Å²) < 4.78 is 12.7. The van der Waals surface area contributed by atoms with Crippen LogP contribution in [0.4, 0.5) is 0 Å². The Bertz CT molecular complexity index is 725. The quantitative estimate of drug-likeness (QED) is 0.799. The number of nitrogens with zero attached hydrogens (tertiary/aromatic N) is 2. The summed E-state index contributed by atoms with van der Waals surface area (Å²) in [5.74, 6) is 1.35. The van der Waals surface area contributed by atoms with Crippen LogP contribution >= 0.6 is 0 Å². The Labute approximate surface area is 149 Å². The van der Waals surface area contributed by atoms with Crippen LogP contribution in [0.2, 0.25) is 0 Å². The normalized spacial score (nSPS) is 11.9. The minimum atomic E-state index is -0.121. The van der Waals surface area contributed by atoms with Crippen LogP contribution in [0.25, 0.3) is 0 Å². The van der Waals surface area contributed by atoms with Gasteiger partial charge in [-0.2, -0.15) is 5.10 Å². The number of hydrogen-bond donors (Lipinski definition) is 1. The number of rotatable bonds is 8. The van der Waals surface area contributed by atoms with Gasteiger partial charge in [0.1, 0.15) is 0 Å². The third-order valence-corrected chi connectivity index (χ3v) is 3.92. The topological polar surface area (TPSA) is 65.4 Å². The Hall–Kier alpha value is -2.50. The maximum atomic E-state index is 12.4. The number of benzene rings is 1. The van der Waals surface area contributed by atoms with Crippen molar-refractivity contribution in [3.63, 3.8) is 0 Å². The number of aromatic nitrogens is 2. The molecule has 0 aliphatic rings. The molecule has 1 N–H and O–H groups in total. The van der Waals surface area contributed by atoms with Gasteiger partial charge in [-0.15, -0.1) is 0 Å². The van der Waals surface area contributed by atoms with Crippen LogP contribution in [0.3, 0.4) is 0 Å². The zero-order valence-corrected chi connectivity index (χ0v) is 15.6. The van der Waals surface area contributed by atoms with Crippen molar-refractivity contribution < 1.29 is 14.3 Å². The van der Waals surface area contributed by atoms with Crippen LogP contribution in [-0.2, 0) is 6.54 Å². The zero-order valence-electron chi connectivity index (χ0n) is 15.6. The molecule has 2 aromatic rings. The molecule has 1 atom stereocenters. The molecule has 0 spiro atoms. The highest BCUT2D eigenvalue weighted by Crippen LogP contribution is 2.28. The van der Waals surface area contributed by atoms with Gasteiger partial charge in [0.15, 0.2) is 11.5 Å². The Morgan fingerprint density at radius 3 is 2.64 bits per heavy atom. The maximum Gasteiger partial charge on any atom is 0.251 e. The molecule has 1 amide bonds. The van der Waals surface area contributed by atoms with Gasteiger partial charge in [0.05, 0.1) is 19.4 Å². The fourth-order valence-electron chi connectivity index (χ4n) is 2.67. The third kappa shape index (κ3) is 4.98. The molecule has 25 heavy (non-hydrogen) atoms. The highest BCUT2D eigenvalue weighted by Gasteiger charge is 2.13. The van der Waals surface area contributed by atoms with E-state index >= 15 is 0 Å². The van der Waals surface area contributed by atoms with E-state index in [1.54, 1.807) is 25.3 Å². The molecule has 0 fully saturated rings. The second kappa shape index (κ2) is 8.55. The van der Waals surface area contributed by atoms with E-state index in [2.05, 4.69) is 23.4 Å². The van der Waals surface area contributed by atoms with E-state index in [-0.39, 0.29) is 11.8 Å². The standard InChI is InChI=1S/C19H27N3O3/c1-6-25-18-10-16(7-8-17(18)24-5)19(23)20-11-13(2)12-22-15(4)9-14(3)21-22/h7-10,13H,6,11-12H2,1-5H3,(H,20,23)/t13-/m0/s1. The number of hydrogen-bond acceptors (Lipinski definition) is 4. The van der Waals surface area contributed by atoms with Crippen LogP contribution < -0.4 is 14.8 Å². The molecule has 0 unspecified atom stereocenters. The number of carbonyl (C=O) groups excluding carboxylic acids is 1. The first-order valence-corrected chi connectivity index (χ1v) is 8.54. The fourth-order valence-corrected chi connectivity index (χ4v) is 2.67. The maximum absolute atomic E-state index is 12.4. The predicted molar refractivity (Wildman–Crippen MR) is 97.4 cm³/mol. The number of ether oxygens (including phenoxy) is 2. The Kier molecular flexibility index (Phi) is 6.44. The van der Waals surface area contributed by atoms with Crippen LogP contribution in [0.15, 0.2) is 24.3 Å². The molecule has 6 nitrogen and oxygen atoms in total. The molecule has 0 aliphatic heterocycles. The summed E-state index contributed by atoms with van der Waals surface area (Å²) in [7, 11) is 1.58. The predicted octanol–water partition coefficient (Wildman–Crippen LogP) is 2.97. The highest BCUT2D eigenvalue weighted by molar-refractivity contribution is 5.94. The first-order valence-electron chi connectivity index (χ1n) is 8.54. The third-order valence-electron chi connectivity index (χ3n) is 3.92. The van der Waals surface area contributed by atoms with Crippen molar-refractivity contribution in [1.82, 2.24) is 15.1 Å². The Morgan fingerprint density at radius 1 is 1.28 bits per heavy atom. The summed E-state index contributed by atoms with van der Waals surface area (Å²) in [5.41, 5.74) is 2.70. The van der Waals surface area contributed by atoms with Gasteiger partial charge in [0.25, 0.3) is 5.91 Å². The van der Waals surface area contributed by atoms with Crippen molar-refractivity contribution in [2.45, 2.75) is 34.2 Å². The summed E-state index contributed by atoms with van der Waals surface area (Å²) in [5, 5.41) is 7.44. The minimum absolute atomic E-state index is 0.121. The monoisotopic (exact) mass is 345 g/mol. The summed E-state index contributed by atoms with van der Waals surface area (Å²) in [6.07, 6.45) is 0. The molecule has 1 aromatic heterocycles. The molecule has 6 heteroatoms. The fraction of sp³-hybridized carbons (Fsp3) is 0.474. The lowest BCUT2D eigenvalue weighted by Crippen LogP contribution is -2.30. The lowest BCUT2D eigenvalue weighted by Gasteiger charge is -2.15. The van der Waals surface area contributed by atoms with Gasteiger partial charge < -0.3 is 14.8 Å². The zero-order chi connectivity index (χ0) is 18.4. The van der Waals surface area contributed by atoms with Crippen LogP contribution in [0, 0.1) is 19.8 Å². The van der Waals surface area contributed by atoms with E-state index in [0.29, 0.717) is 30.2 Å². The highest BCUT2D eigenvalue weighted by atomic mass is 16.5. The molecule has 136 valence electrons. The summed E-state index contributed by atoms with van der Waals surface area (Å²) >= 11 is 0. The molecular formula is C19H27N3O3. The molecule has 2 rings (SSSR count). The molecule has 1 heterocycles. The van der Waals surface area contributed by atoms with E-state index in [1.807, 2.05) is 25.5 Å². The molecule has 0 aliphatic carbocycles. The number of methoxy groups -OCH3 is 1. The van der Waals surface area contributed by atoms with Crippen molar-refractivity contribution in [2.75, 3.05) is 20.3 Å². The minimum Gasteiger partial charge on any atom is -0.493 e. The van der Waals surface area contributed by atoms with Crippen molar-refractivity contribution in [3.8, 4) is 11.5 Å². The van der Waals surface area contributed by atoms with Crippen molar-refractivity contribution in [3.05, 3.63) is 41.2 Å². The van der Waals surface area contributed by atoms with E-state index in [1.165, 1.54) is 0 Å². The van der Waals surface area contributed by atoms with Crippen LogP contribution in [-0.4, -0.2) is 35.9 Å². The van der Waals surface area contributed by atoms with E-state index in [4.69, 9.17) is 9.47 Å². The smallest absolute Gasteiger partial charge is 0.251 e. The molecule has 1 aromatic carbocycles. The van der Waals surface area contributed by atoms with Gasteiger partial charge >= 0.3 is 0 Å². The van der Waals surface area contributed by atoms with E-state index in [9.17, 15) is 4.79 Å². The van der Waals surface area contributed by atoms with E-state index in [0.717, 1.165) is 17.9 Å². The van der Waals surface area contributed by atoms with Gasteiger partial charge in [-0.1, -0.05) is 6.92 Å². The summed E-state index contributed by atoms with van der Waals surface area (Å²) in [6.45, 7) is 9.87. The number of carbonyl (C=O) groups is 1. The second-order valence-electron chi connectivity index (χ2n) is 6.22. The van der Waals surface area contributed by atoms with Crippen molar-refractivity contribution >= 4 is 5.91 Å². The van der Waals surface area contributed by atoms with Gasteiger partial charge in [-0.25, -0.2) is 0 Å². The van der Waals surface area contributed by atoms with Crippen molar-refractivity contribution in [2.24, 2.45) is 5.92 Å². The van der Waals surface area contributed by atoms with Crippen molar-refractivity contribution in [1.29, 1.82) is 0 Å². The summed E-state index contributed by atoms with van der Waals surface area (Å²) in [6, 6.07) is 7.25. The van der Waals surface area contributed by atoms with Gasteiger partial charge in [0.2, 0.25) is 0 Å².